The van der Waals surface area contributed by atoms with Gasteiger partial charge in [0.2, 0.25) is 11.3 Å². The van der Waals surface area contributed by atoms with Crippen molar-refractivity contribution in [3.63, 3.8) is 0 Å². The molecule has 0 spiro atoms. The Morgan fingerprint density at radius 2 is 1.90 bits per heavy atom. The Morgan fingerprint density at radius 1 is 1.07 bits per heavy atom. The summed E-state index contributed by atoms with van der Waals surface area (Å²) >= 11 is 0. The average Bonchev–Trinajstić information content (AvgIpc) is 3.25. The van der Waals surface area contributed by atoms with Crippen LogP contribution in [0, 0.1) is 0 Å². The van der Waals surface area contributed by atoms with Gasteiger partial charge in [0.1, 0.15) is 11.5 Å². The molecule has 8 nitrogen and oxygen atoms in total. The molecule has 0 N–H and O–H groups in total. The first-order chi connectivity index (χ1) is 14.2. The van der Waals surface area contributed by atoms with E-state index in [-0.39, 0.29) is 17.0 Å². The number of rotatable bonds is 6. The van der Waals surface area contributed by atoms with Crippen LogP contribution < -0.4 is 14.9 Å². The van der Waals surface area contributed by atoms with Crippen molar-refractivity contribution in [1.82, 2.24) is 19.9 Å². The van der Waals surface area contributed by atoms with Gasteiger partial charge in [0.25, 0.3) is 5.89 Å². The Bertz CT molecular complexity index is 1180. The third-order valence-corrected chi connectivity index (χ3v) is 4.18. The van der Waals surface area contributed by atoms with Crippen LogP contribution in [-0.2, 0) is 0 Å². The molecule has 2 heterocycles. The zero-order valence-corrected chi connectivity index (χ0v) is 15.9. The first-order valence-corrected chi connectivity index (χ1v) is 8.99. The van der Waals surface area contributed by atoms with Crippen LogP contribution in [0.15, 0.2) is 70.1 Å². The summed E-state index contributed by atoms with van der Waals surface area (Å²) in [6.07, 6.45) is 1.57. The summed E-state index contributed by atoms with van der Waals surface area (Å²) in [7, 11) is 1.59. The maximum atomic E-state index is 12.3. The van der Waals surface area contributed by atoms with Crippen LogP contribution in [0.5, 0.6) is 11.5 Å². The zero-order valence-electron chi connectivity index (χ0n) is 15.9. The lowest BCUT2D eigenvalue weighted by Crippen LogP contribution is -2.12. The molecule has 0 aliphatic heterocycles. The van der Waals surface area contributed by atoms with E-state index < -0.39 is 0 Å². The van der Waals surface area contributed by atoms with E-state index in [0.29, 0.717) is 18.2 Å². The van der Waals surface area contributed by atoms with E-state index in [2.05, 4.69) is 15.2 Å². The zero-order chi connectivity index (χ0) is 20.2. The molecule has 4 aromatic rings. The fourth-order valence-electron chi connectivity index (χ4n) is 2.76. The third kappa shape index (κ3) is 3.86. The second-order valence-corrected chi connectivity index (χ2v) is 6.06. The van der Waals surface area contributed by atoms with E-state index in [1.807, 2.05) is 49.4 Å². The molecule has 0 fully saturated rings. The van der Waals surface area contributed by atoms with Crippen LogP contribution in [-0.4, -0.2) is 33.6 Å². The topological polar surface area (TPSA) is 92.3 Å². The lowest BCUT2D eigenvalue weighted by atomic mass is 10.2. The molecule has 0 aliphatic rings. The lowest BCUT2D eigenvalue weighted by molar-refractivity contribution is 0.340. The van der Waals surface area contributed by atoms with Crippen LogP contribution in [0.2, 0.25) is 0 Å². The highest BCUT2D eigenvalue weighted by Gasteiger charge is 2.16. The minimum atomic E-state index is -0.314. The average molecular weight is 390 g/mol. The van der Waals surface area contributed by atoms with Gasteiger partial charge >= 0.3 is 0 Å². The molecule has 0 bridgehead atoms. The summed E-state index contributed by atoms with van der Waals surface area (Å²) in [5.74, 6) is 1.85. The molecule has 0 aliphatic carbocycles. The van der Waals surface area contributed by atoms with Crippen LogP contribution in [0.25, 0.3) is 28.7 Å². The summed E-state index contributed by atoms with van der Waals surface area (Å²) in [6, 6.07) is 16.0. The van der Waals surface area contributed by atoms with Crippen LogP contribution in [0.1, 0.15) is 6.92 Å². The van der Waals surface area contributed by atoms with Gasteiger partial charge in [-0.1, -0.05) is 11.2 Å². The van der Waals surface area contributed by atoms with E-state index in [1.165, 1.54) is 6.07 Å². The summed E-state index contributed by atoms with van der Waals surface area (Å²) in [5.41, 5.74) is 1.23. The minimum absolute atomic E-state index is 0.0520. The third-order valence-electron chi connectivity index (χ3n) is 4.18. The van der Waals surface area contributed by atoms with Gasteiger partial charge in [-0.15, -0.1) is 0 Å². The second kappa shape index (κ2) is 7.97. The van der Waals surface area contributed by atoms with Gasteiger partial charge < -0.3 is 14.0 Å². The Hall–Kier alpha value is -3.94. The molecular formula is C21H18N4O4. The van der Waals surface area contributed by atoms with Crippen molar-refractivity contribution in [3.05, 3.63) is 71.0 Å². The Morgan fingerprint density at radius 3 is 2.66 bits per heavy atom. The van der Waals surface area contributed by atoms with E-state index in [4.69, 9.17) is 14.0 Å². The molecule has 0 saturated carbocycles. The number of hydrogen-bond acceptors (Lipinski definition) is 7. The minimum Gasteiger partial charge on any atom is -0.497 e. The van der Waals surface area contributed by atoms with Crippen LogP contribution in [0.3, 0.4) is 0 Å². The van der Waals surface area contributed by atoms with Crippen molar-refractivity contribution < 1.29 is 14.0 Å². The maximum Gasteiger partial charge on any atom is 0.282 e. The number of methoxy groups -OCH3 is 1. The first-order valence-electron chi connectivity index (χ1n) is 8.99. The summed E-state index contributed by atoms with van der Waals surface area (Å²) < 4.78 is 17.5. The standard InChI is InChI=1S/C21H18N4O4/c1-3-28-16-9-7-14(8-10-16)20-22-21(29-24-20)19-18(26)11-12-25(23-19)15-5-4-6-17(13-15)27-2/h4-13H,3H2,1-2H3. The first kappa shape index (κ1) is 18.4. The van der Waals surface area contributed by atoms with E-state index in [1.54, 1.807) is 24.1 Å². The van der Waals surface area contributed by atoms with Gasteiger partial charge in [0.05, 0.1) is 19.4 Å². The van der Waals surface area contributed by atoms with Crippen LogP contribution >= 0.6 is 0 Å². The van der Waals surface area contributed by atoms with Crippen molar-refractivity contribution in [2.45, 2.75) is 6.92 Å². The molecular weight excluding hydrogens is 372 g/mol. The van der Waals surface area contributed by atoms with Gasteiger partial charge in [0.15, 0.2) is 5.69 Å². The highest BCUT2D eigenvalue weighted by atomic mass is 16.5. The van der Waals surface area contributed by atoms with Gasteiger partial charge in [-0.3, -0.25) is 4.79 Å². The Balaban J connectivity index is 1.67. The van der Waals surface area contributed by atoms with E-state index in [0.717, 1.165) is 17.0 Å². The smallest absolute Gasteiger partial charge is 0.282 e. The van der Waals surface area contributed by atoms with Crippen molar-refractivity contribution in [1.29, 1.82) is 0 Å². The summed E-state index contributed by atoms with van der Waals surface area (Å²) in [6.45, 7) is 2.51. The van der Waals surface area contributed by atoms with E-state index in [9.17, 15) is 4.79 Å². The molecule has 0 saturated heterocycles. The molecule has 0 atom stereocenters. The highest BCUT2D eigenvalue weighted by molar-refractivity contribution is 5.58. The maximum absolute atomic E-state index is 12.3. The molecule has 146 valence electrons. The van der Waals surface area contributed by atoms with Gasteiger partial charge in [0, 0.05) is 23.9 Å². The predicted molar refractivity (Wildman–Crippen MR) is 106 cm³/mol. The molecule has 0 amide bonds. The van der Waals surface area contributed by atoms with Crippen molar-refractivity contribution in [3.8, 4) is 40.2 Å². The SMILES string of the molecule is CCOc1ccc(-c2noc(-c3nn(-c4cccc(OC)c4)ccc3=O)n2)cc1. The van der Waals surface area contributed by atoms with Gasteiger partial charge in [-0.2, -0.15) is 10.1 Å². The normalized spacial score (nSPS) is 10.7. The molecule has 4 rings (SSSR count). The fraction of sp³-hybridized carbons (Fsp3) is 0.143. The largest absolute Gasteiger partial charge is 0.497 e. The van der Waals surface area contributed by atoms with Crippen molar-refractivity contribution in [2.24, 2.45) is 0 Å². The van der Waals surface area contributed by atoms with Crippen molar-refractivity contribution in [2.75, 3.05) is 13.7 Å². The quantitative estimate of drug-likeness (QED) is 0.498. The van der Waals surface area contributed by atoms with Gasteiger partial charge in [-0.05, 0) is 43.3 Å². The number of nitrogens with zero attached hydrogens (tertiary/aromatic N) is 4. The highest BCUT2D eigenvalue weighted by Crippen LogP contribution is 2.22. The second-order valence-electron chi connectivity index (χ2n) is 6.06. The molecule has 29 heavy (non-hydrogen) atoms. The monoisotopic (exact) mass is 390 g/mol. The van der Waals surface area contributed by atoms with Crippen LogP contribution in [0.4, 0.5) is 0 Å². The lowest BCUT2D eigenvalue weighted by Gasteiger charge is -2.07. The number of ether oxygens (including phenoxy) is 2. The van der Waals surface area contributed by atoms with Crippen molar-refractivity contribution >= 4 is 0 Å². The predicted octanol–water partition coefficient (Wildman–Crippen LogP) is 3.36. The summed E-state index contributed by atoms with van der Waals surface area (Å²) in [5, 5.41) is 8.34. The van der Waals surface area contributed by atoms with E-state index >= 15 is 0 Å². The van der Waals surface area contributed by atoms with Gasteiger partial charge in [-0.25, -0.2) is 4.68 Å². The Labute approximate surface area is 166 Å². The molecule has 2 aromatic heterocycles. The number of aromatic nitrogens is 4. The molecule has 8 heteroatoms. The summed E-state index contributed by atoms with van der Waals surface area (Å²) in [4.78, 5) is 16.7. The molecule has 2 aromatic carbocycles. The molecule has 0 radical (unpaired) electrons. The number of hydrogen-bond donors (Lipinski definition) is 0. The molecule has 0 unspecified atom stereocenters. The Kier molecular flexibility index (Phi) is 5.07. The fourth-order valence-corrected chi connectivity index (χ4v) is 2.76. The number of benzene rings is 2.